The number of carboxylic acid groups (broad SMARTS) is 1. The highest BCUT2D eigenvalue weighted by Crippen LogP contribution is 2.37. The quantitative estimate of drug-likeness (QED) is 0.786. The van der Waals surface area contributed by atoms with E-state index in [2.05, 4.69) is 18.8 Å². The zero-order chi connectivity index (χ0) is 11.0. The summed E-state index contributed by atoms with van der Waals surface area (Å²) in [5.41, 5.74) is 2.26. The van der Waals surface area contributed by atoms with Crippen LogP contribution in [-0.4, -0.2) is 21.1 Å². The van der Waals surface area contributed by atoms with Crippen molar-refractivity contribution in [3.63, 3.8) is 0 Å². The molecule has 1 amide bonds. The van der Waals surface area contributed by atoms with Crippen LogP contribution in [0.1, 0.15) is 38.9 Å². The zero-order valence-electron chi connectivity index (χ0n) is 10.0. The summed E-state index contributed by atoms with van der Waals surface area (Å²) in [5, 5.41) is 9.10. The highest BCUT2D eigenvalue weighted by atomic mass is 16.4. The molecule has 0 aromatic carbocycles. The van der Waals surface area contributed by atoms with Crippen molar-refractivity contribution in [3.05, 3.63) is 23.5 Å². The van der Waals surface area contributed by atoms with Gasteiger partial charge in [0.15, 0.2) is 0 Å². The molecular formula is C11H17N2O2+. The van der Waals surface area contributed by atoms with E-state index >= 15 is 0 Å². The predicted octanol–water partition coefficient (Wildman–Crippen LogP) is 2.71. The van der Waals surface area contributed by atoms with Crippen LogP contribution in [0.3, 0.4) is 0 Å². The van der Waals surface area contributed by atoms with Gasteiger partial charge in [-0.25, -0.2) is 4.79 Å². The average molecular weight is 209 g/mol. The lowest BCUT2D eigenvalue weighted by atomic mass is 9.99. The Bertz CT molecular complexity index is 376. The molecule has 0 saturated carbocycles. The number of hydrogen-bond acceptors (Lipinski definition) is 1. The maximum atomic E-state index is 11.1. The van der Waals surface area contributed by atoms with Crippen LogP contribution < -0.4 is 0 Å². The van der Waals surface area contributed by atoms with Gasteiger partial charge in [-0.05, 0) is 23.5 Å². The number of carbonyl (C=O) groups is 1. The number of H-pyrrole nitrogens is 1. The Morgan fingerprint density at radius 1 is 1.73 bits per heavy atom. The van der Waals surface area contributed by atoms with Crippen LogP contribution in [0.5, 0.6) is 0 Å². The van der Waals surface area contributed by atoms with Crippen molar-refractivity contribution >= 4 is 6.09 Å². The second-order valence-corrected chi connectivity index (χ2v) is 4.49. The van der Waals surface area contributed by atoms with E-state index in [1.165, 1.54) is 4.90 Å². The molecule has 15 heavy (non-hydrogen) atoms. The van der Waals surface area contributed by atoms with Crippen molar-refractivity contribution in [2.75, 3.05) is 0 Å². The van der Waals surface area contributed by atoms with E-state index in [0.717, 1.165) is 17.5 Å². The van der Waals surface area contributed by atoms with Crippen LogP contribution in [0, 0.1) is 5.92 Å². The van der Waals surface area contributed by atoms with Gasteiger partial charge in [0, 0.05) is 12.4 Å². The lowest BCUT2D eigenvalue weighted by molar-refractivity contribution is 0.122. The number of fused-ring (bicyclic) bond motifs is 1. The van der Waals surface area contributed by atoms with Gasteiger partial charge < -0.3 is 10.1 Å². The Morgan fingerprint density at radius 3 is 3.07 bits per heavy atom. The lowest BCUT2D eigenvalue weighted by Crippen LogP contribution is -2.28. The summed E-state index contributed by atoms with van der Waals surface area (Å²) in [5.74, 6) is 0.498. The number of nitrogens with one attached hydrogen (secondary N) is 1. The summed E-state index contributed by atoms with van der Waals surface area (Å²) in [6.07, 6.45) is 3.88. The van der Waals surface area contributed by atoms with E-state index in [1.54, 1.807) is 0 Å². The summed E-state index contributed by atoms with van der Waals surface area (Å²) in [7, 11) is 0. The van der Waals surface area contributed by atoms with Crippen molar-refractivity contribution in [2.45, 2.75) is 32.9 Å². The van der Waals surface area contributed by atoms with E-state index in [0.29, 0.717) is 12.5 Å². The molecule has 2 rings (SSSR count). The fourth-order valence-corrected chi connectivity index (χ4v) is 2.22. The van der Waals surface area contributed by atoms with Gasteiger partial charge in [0.2, 0.25) is 0 Å². The van der Waals surface area contributed by atoms with Gasteiger partial charge in [0.1, 0.15) is 0 Å². The molecule has 0 saturated heterocycles. The molecule has 4 heteroatoms. The highest BCUT2D eigenvalue weighted by molar-refractivity contribution is 5.67. The largest absolute Gasteiger partial charge is 1.00 e. The Kier molecular flexibility index (Phi) is 2.42. The SMILES string of the molecule is CC(C)CC1c2c[nH]cc2CN1C(=O)O.[H+]. The van der Waals surface area contributed by atoms with Gasteiger partial charge in [0.05, 0.1) is 12.6 Å². The van der Waals surface area contributed by atoms with Gasteiger partial charge >= 0.3 is 7.52 Å². The average Bonchev–Trinajstić information content (AvgIpc) is 2.66. The third kappa shape index (κ3) is 1.71. The Balaban J connectivity index is 0.00000128. The molecule has 1 atom stereocenters. The van der Waals surface area contributed by atoms with Crippen molar-refractivity contribution < 1.29 is 11.3 Å². The normalized spacial score (nSPS) is 19.7. The standard InChI is InChI=1S/C11H16N2O2/c1-7(2)3-10-9-5-12-4-8(9)6-13(10)11(14)15/h4-5,7,10,12H,3,6H2,1-2H3,(H,14,15)/p+1. The summed E-state index contributed by atoms with van der Waals surface area (Å²) in [6.45, 7) is 4.75. The molecule has 2 heterocycles. The molecule has 0 radical (unpaired) electrons. The van der Waals surface area contributed by atoms with E-state index in [1.807, 2.05) is 12.4 Å². The number of aromatic nitrogens is 1. The van der Waals surface area contributed by atoms with Crippen LogP contribution in [0.4, 0.5) is 4.79 Å². The van der Waals surface area contributed by atoms with E-state index in [4.69, 9.17) is 5.11 Å². The van der Waals surface area contributed by atoms with Gasteiger partial charge in [-0.2, -0.15) is 0 Å². The molecule has 1 unspecified atom stereocenters. The van der Waals surface area contributed by atoms with E-state index < -0.39 is 6.09 Å². The number of hydrogen-bond donors (Lipinski definition) is 2. The van der Waals surface area contributed by atoms with E-state index in [9.17, 15) is 4.79 Å². The van der Waals surface area contributed by atoms with Crippen molar-refractivity contribution in [1.82, 2.24) is 9.88 Å². The maximum absolute atomic E-state index is 11.1. The minimum atomic E-state index is -0.822. The molecule has 1 aliphatic rings. The maximum Gasteiger partial charge on any atom is 1.00 e. The second kappa shape index (κ2) is 3.61. The van der Waals surface area contributed by atoms with Gasteiger partial charge in [-0.3, -0.25) is 4.90 Å². The van der Waals surface area contributed by atoms with Gasteiger partial charge in [-0.1, -0.05) is 13.8 Å². The molecule has 1 aromatic rings. The fourth-order valence-electron chi connectivity index (χ4n) is 2.22. The molecule has 1 aromatic heterocycles. The Labute approximate surface area is 90.4 Å². The first-order valence-electron chi connectivity index (χ1n) is 5.24. The minimum absolute atomic E-state index is 0. The third-order valence-corrected chi connectivity index (χ3v) is 2.88. The molecule has 0 aliphatic carbocycles. The molecule has 0 bridgehead atoms. The Hall–Kier alpha value is -1.45. The van der Waals surface area contributed by atoms with Crippen LogP contribution in [0.25, 0.3) is 0 Å². The van der Waals surface area contributed by atoms with E-state index in [-0.39, 0.29) is 7.47 Å². The Morgan fingerprint density at radius 2 is 2.47 bits per heavy atom. The molecule has 0 spiro atoms. The predicted molar refractivity (Wildman–Crippen MR) is 57.7 cm³/mol. The smallest absolute Gasteiger partial charge is 0.465 e. The van der Waals surface area contributed by atoms with Gasteiger partial charge in [-0.15, -0.1) is 0 Å². The van der Waals surface area contributed by atoms with Crippen LogP contribution in [0.15, 0.2) is 12.4 Å². The molecular weight excluding hydrogens is 192 g/mol. The second-order valence-electron chi connectivity index (χ2n) is 4.49. The monoisotopic (exact) mass is 209 g/mol. The third-order valence-electron chi connectivity index (χ3n) is 2.88. The lowest BCUT2D eigenvalue weighted by Gasteiger charge is -2.23. The summed E-state index contributed by atoms with van der Waals surface area (Å²) >= 11 is 0. The number of aromatic amines is 1. The number of rotatable bonds is 2. The summed E-state index contributed by atoms with van der Waals surface area (Å²) in [4.78, 5) is 15.6. The fraction of sp³-hybridized carbons (Fsp3) is 0.545. The molecule has 2 N–H and O–H groups in total. The highest BCUT2D eigenvalue weighted by Gasteiger charge is 2.34. The van der Waals surface area contributed by atoms with Crippen LogP contribution >= 0.6 is 0 Å². The molecule has 0 fully saturated rings. The molecule has 1 aliphatic heterocycles. The summed E-state index contributed by atoms with van der Waals surface area (Å²) in [6, 6.07) is 0.0312. The first kappa shape index (κ1) is 10.1. The molecule has 4 nitrogen and oxygen atoms in total. The zero-order valence-corrected chi connectivity index (χ0v) is 9.03. The van der Waals surface area contributed by atoms with Crippen LogP contribution in [-0.2, 0) is 6.54 Å². The number of amides is 1. The van der Waals surface area contributed by atoms with Crippen LogP contribution in [0.2, 0.25) is 0 Å². The summed E-state index contributed by atoms with van der Waals surface area (Å²) < 4.78 is 0. The first-order valence-corrected chi connectivity index (χ1v) is 5.24. The van der Waals surface area contributed by atoms with Crippen molar-refractivity contribution in [1.29, 1.82) is 0 Å². The molecule has 82 valence electrons. The minimum Gasteiger partial charge on any atom is -0.465 e. The van der Waals surface area contributed by atoms with Crippen molar-refractivity contribution in [3.8, 4) is 0 Å². The number of nitrogens with zero attached hydrogens (tertiary/aromatic N) is 1. The first-order chi connectivity index (χ1) is 7.09. The van der Waals surface area contributed by atoms with Gasteiger partial charge in [0.25, 0.3) is 0 Å². The van der Waals surface area contributed by atoms with Crippen molar-refractivity contribution in [2.24, 2.45) is 5.92 Å². The topological polar surface area (TPSA) is 56.3 Å².